The number of hydrogen-bond donors (Lipinski definition) is 0. The second kappa shape index (κ2) is 6.31. The summed E-state index contributed by atoms with van der Waals surface area (Å²) in [5.74, 6) is -1.58. The van der Waals surface area contributed by atoms with Gasteiger partial charge in [-0.1, -0.05) is 13.8 Å². The predicted octanol–water partition coefficient (Wildman–Crippen LogP) is 2.61. The van der Waals surface area contributed by atoms with Gasteiger partial charge in [-0.3, -0.25) is 10.1 Å². The van der Waals surface area contributed by atoms with Crippen molar-refractivity contribution in [2.75, 3.05) is 25.6 Å². The van der Waals surface area contributed by atoms with Crippen LogP contribution in [0, 0.1) is 21.8 Å². The maximum atomic E-state index is 13.7. The molecule has 20 heavy (non-hydrogen) atoms. The highest BCUT2D eigenvalue weighted by molar-refractivity contribution is 5.92. The van der Waals surface area contributed by atoms with Crippen LogP contribution in [0.25, 0.3) is 0 Å². The highest BCUT2D eigenvalue weighted by atomic mass is 19.1. The SMILES string of the molecule is COC(=O)c1cc(N(C)CC(C)C)c([N+](=O)[O-])cc1F. The van der Waals surface area contributed by atoms with Crippen LogP contribution in [0.2, 0.25) is 0 Å². The standard InChI is InChI=1S/C13H17FN2O4/c1-8(2)7-15(3)11-5-9(13(17)20-4)10(14)6-12(11)16(18)19/h5-6,8H,7H2,1-4H3. The number of carbonyl (C=O) groups excluding carboxylic acids is 1. The average molecular weight is 284 g/mol. The highest BCUT2D eigenvalue weighted by Gasteiger charge is 2.24. The highest BCUT2D eigenvalue weighted by Crippen LogP contribution is 2.31. The third-order valence-corrected chi connectivity index (χ3v) is 2.72. The van der Waals surface area contributed by atoms with Gasteiger partial charge in [-0.15, -0.1) is 0 Å². The maximum Gasteiger partial charge on any atom is 0.340 e. The first-order valence-corrected chi connectivity index (χ1v) is 6.05. The summed E-state index contributed by atoms with van der Waals surface area (Å²) in [6, 6.07) is 1.90. The fourth-order valence-corrected chi connectivity index (χ4v) is 1.92. The van der Waals surface area contributed by atoms with Crippen molar-refractivity contribution in [3.63, 3.8) is 0 Å². The molecular weight excluding hydrogens is 267 g/mol. The lowest BCUT2D eigenvalue weighted by molar-refractivity contribution is -0.384. The molecule has 0 aliphatic rings. The van der Waals surface area contributed by atoms with Gasteiger partial charge in [0, 0.05) is 13.6 Å². The average Bonchev–Trinajstić information content (AvgIpc) is 2.36. The Morgan fingerprint density at radius 3 is 2.55 bits per heavy atom. The lowest BCUT2D eigenvalue weighted by Crippen LogP contribution is -2.24. The number of esters is 1. The molecule has 6 nitrogen and oxygen atoms in total. The summed E-state index contributed by atoms with van der Waals surface area (Å²) >= 11 is 0. The molecule has 0 aliphatic carbocycles. The number of benzene rings is 1. The van der Waals surface area contributed by atoms with Gasteiger partial charge in [0.15, 0.2) is 0 Å². The maximum absolute atomic E-state index is 13.7. The molecule has 1 aromatic carbocycles. The summed E-state index contributed by atoms with van der Waals surface area (Å²) < 4.78 is 18.2. The molecule has 0 spiro atoms. The summed E-state index contributed by atoms with van der Waals surface area (Å²) in [7, 11) is 2.78. The van der Waals surface area contributed by atoms with Gasteiger partial charge in [-0.25, -0.2) is 9.18 Å². The second-order valence-corrected chi connectivity index (χ2v) is 4.84. The molecule has 0 aliphatic heterocycles. The Kier molecular flexibility index (Phi) is 5.01. The molecule has 0 saturated carbocycles. The van der Waals surface area contributed by atoms with Crippen LogP contribution in [-0.2, 0) is 4.74 Å². The van der Waals surface area contributed by atoms with Crippen molar-refractivity contribution in [3.05, 3.63) is 33.6 Å². The number of nitro groups is 1. The molecule has 0 saturated heterocycles. The lowest BCUT2D eigenvalue weighted by Gasteiger charge is -2.21. The molecule has 0 aromatic heterocycles. The van der Waals surface area contributed by atoms with Crippen LogP contribution in [-0.4, -0.2) is 31.6 Å². The summed E-state index contributed by atoms with van der Waals surface area (Å²) in [6.45, 7) is 4.44. The minimum Gasteiger partial charge on any atom is -0.465 e. The molecule has 0 radical (unpaired) electrons. The molecule has 0 heterocycles. The zero-order valence-corrected chi connectivity index (χ0v) is 11.8. The number of hydrogen-bond acceptors (Lipinski definition) is 5. The number of nitro benzene ring substituents is 1. The Morgan fingerprint density at radius 2 is 2.10 bits per heavy atom. The first-order valence-electron chi connectivity index (χ1n) is 6.05. The van der Waals surface area contributed by atoms with Gasteiger partial charge < -0.3 is 9.64 Å². The van der Waals surface area contributed by atoms with Gasteiger partial charge in [0.1, 0.15) is 11.5 Å². The Labute approximate surface area is 116 Å². The van der Waals surface area contributed by atoms with Crippen molar-refractivity contribution in [3.8, 4) is 0 Å². The third kappa shape index (κ3) is 3.43. The fraction of sp³-hybridized carbons (Fsp3) is 0.462. The zero-order chi connectivity index (χ0) is 15.4. The van der Waals surface area contributed by atoms with Crippen LogP contribution in [0.4, 0.5) is 15.8 Å². The molecule has 1 aromatic rings. The van der Waals surface area contributed by atoms with Crippen LogP contribution in [0.15, 0.2) is 12.1 Å². The Morgan fingerprint density at radius 1 is 1.50 bits per heavy atom. The first-order chi connectivity index (χ1) is 9.27. The van der Waals surface area contributed by atoms with E-state index < -0.39 is 16.7 Å². The molecule has 7 heteroatoms. The summed E-state index contributed by atoms with van der Waals surface area (Å²) in [5.41, 5.74) is -0.507. The Bertz CT molecular complexity index is 531. The van der Waals surface area contributed by atoms with E-state index in [4.69, 9.17) is 0 Å². The fourth-order valence-electron chi connectivity index (χ4n) is 1.92. The number of anilines is 1. The minimum absolute atomic E-state index is 0.186. The van der Waals surface area contributed by atoms with Gasteiger partial charge in [-0.2, -0.15) is 0 Å². The molecule has 0 bridgehead atoms. The quantitative estimate of drug-likeness (QED) is 0.472. The van der Waals surface area contributed by atoms with E-state index in [1.807, 2.05) is 13.8 Å². The van der Waals surface area contributed by atoms with Crippen LogP contribution in [0.5, 0.6) is 0 Å². The van der Waals surface area contributed by atoms with Gasteiger partial charge in [-0.05, 0) is 12.0 Å². The van der Waals surface area contributed by atoms with Crippen LogP contribution < -0.4 is 4.90 Å². The number of methoxy groups -OCH3 is 1. The second-order valence-electron chi connectivity index (χ2n) is 4.84. The molecule has 0 N–H and O–H groups in total. The van der Waals surface area contributed by atoms with E-state index in [-0.39, 0.29) is 22.9 Å². The molecule has 0 amide bonds. The van der Waals surface area contributed by atoms with Gasteiger partial charge in [0.2, 0.25) is 0 Å². The van der Waals surface area contributed by atoms with E-state index >= 15 is 0 Å². The number of halogens is 1. The normalized spacial score (nSPS) is 10.5. The third-order valence-electron chi connectivity index (χ3n) is 2.72. The summed E-state index contributed by atoms with van der Waals surface area (Å²) in [5, 5.41) is 11.0. The van der Waals surface area contributed by atoms with Crippen LogP contribution in [0.1, 0.15) is 24.2 Å². The number of carbonyl (C=O) groups is 1. The van der Waals surface area contributed by atoms with Crippen molar-refractivity contribution in [2.45, 2.75) is 13.8 Å². The van der Waals surface area contributed by atoms with E-state index in [1.165, 1.54) is 0 Å². The summed E-state index contributed by atoms with van der Waals surface area (Å²) in [4.78, 5) is 23.4. The molecule has 110 valence electrons. The lowest BCUT2D eigenvalue weighted by atomic mass is 10.1. The minimum atomic E-state index is -0.967. The molecule has 0 unspecified atom stereocenters. The van der Waals surface area contributed by atoms with Crippen molar-refractivity contribution >= 4 is 17.3 Å². The number of ether oxygens (including phenoxy) is 1. The molecule has 0 atom stereocenters. The van der Waals surface area contributed by atoms with E-state index in [1.54, 1.807) is 11.9 Å². The number of nitrogens with zero attached hydrogens (tertiary/aromatic N) is 2. The van der Waals surface area contributed by atoms with E-state index in [0.29, 0.717) is 6.54 Å². The van der Waals surface area contributed by atoms with Gasteiger partial charge >= 0.3 is 5.97 Å². The van der Waals surface area contributed by atoms with Crippen molar-refractivity contribution in [2.24, 2.45) is 5.92 Å². The largest absolute Gasteiger partial charge is 0.465 e. The van der Waals surface area contributed by atoms with E-state index in [9.17, 15) is 19.3 Å². The van der Waals surface area contributed by atoms with Gasteiger partial charge in [0.25, 0.3) is 5.69 Å². The van der Waals surface area contributed by atoms with Gasteiger partial charge in [0.05, 0.1) is 23.7 Å². The monoisotopic (exact) mass is 284 g/mol. The number of rotatable bonds is 5. The van der Waals surface area contributed by atoms with Crippen molar-refractivity contribution in [1.82, 2.24) is 0 Å². The molecule has 1 rings (SSSR count). The Balaban J connectivity index is 3.37. The van der Waals surface area contributed by atoms with Crippen molar-refractivity contribution in [1.29, 1.82) is 0 Å². The van der Waals surface area contributed by atoms with Crippen LogP contribution >= 0.6 is 0 Å². The Hall–Kier alpha value is -2.18. The zero-order valence-electron chi connectivity index (χ0n) is 11.8. The molecular formula is C13H17FN2O4. The topological polar surface area (TPSA) is 72.7 Å². The predicted molar refractivity (Wildman–Crippen MR) is 72.5 cm³/mol. The van der Waals surface area contributed by atoms with E-state index in [0.717, 1.165) is 19.2 Å². The van der Waals surface area contributed by atoms with Crippen molar-refractivity contribution < 1.29 is 18.8 Å². The first kappa shape index (κ1) is 15.9. The molecule has 0 fully saturated rings. The summed E-state index contributed by atoms with van der Waals surface area (Å²) in [6.07, 6.45) is 0. The van der Waals surface area contributed by atoms with Crippen LogP contribution in [0.3, 0.4) is 0 Å². The van der Waals surface area contributed by atoms with E-state index in [2.05, 4.69) is 4.74 Å². The smallest absolute Gasteiger partial charge is 0.340 e.